The predicted octanol–water partition coefficient (Wildman–Crippen LogP) is 4.50. The Bertz CT molecular complexity index is 1330. The van der Waals surface area contributed by atoms with Crippen LogP contribution >= 0.6 is 0 Å². The zero-order valence-electron chi connectivity index (χ0n) is 21.3. The highest BCUT2D eigenvalue weighted by molar-refractivity contribution is 5.94. The molecular formula is C32H32N4O2. The summed E-state index contributed by atoms with van der Waals surface area (Å²) in [6, 6.07) is 33.0. The summed E-state index contributed by atoms with van der Waals surface area (Å²) in [6.07, 6.45) is 2.68. The largest absolute Gasteiger partial charge is 0.374 e. The van der Waals surface area contributed by atoms with E-state index in [1.807, 2.05) is 41.3 Å². The van der Waals surface area contributed by atoms with Gasteiger partial charge in [-0.15, -0.1) is 0 Å². The van der Waals surface area contributed by atoms with E-state index in [0.717, 1.165) is 17.7 Å². The summed E-state index contributed by atoms with van der Waals surface area (Å²) in [7, 11) is 0. The number of rotatable bonds is 6. The zero-order valence-corrected chi connectivity index (χ0v) is 21.3. The number of piperazine rings is 1. The maximum Gasteiger partial charge on any atom is 0.255 e. The van der Waals surface area contributed by atoms with Crippen LogP contribution in [-0.2, 0) is 6.54 Å². The van der Waals surface area contributed by atoms with Gasteiger partial charge in [0, 0.05) is 51.2 Å². The molecule has 3 heterocycles. The molecule has 1 aromatic heterocycles. The molecule has 2 aliphatic heterocycles. The number of aliphatic hydroxyl groups excluding tert-OH is 1. The number of benzene rings is 3. The number of carbonyl (C=O) groups excluding carboxylic acids is 1. The van der Waals surface area contributed by atoms with Gasteiger partial charge in [-0.1, -0.05) is 84.9 Å². The van der Waals surface area contributed by atoms with Crippen molar-refractivity contribution in [3.8, 4) is 0 Å². The summed E-state index contributed by atoms with van der Waals surface area (Å²) in [4.78, 5) is 24.2. The monoisotopic (exact) mass is 504 g/mol. The fourth-order valence-corrected chi connectivity index (χ4v) is 5.94. The molecule has 0 aliphatic carbocycles. The molecule has 6 nitrogen and oxygen atoms in total. The zero-order chi connectivity index (χ0) is 25.9. The van der Waals surface area contributed by atoms with Gasteiger partial charge in [-0.2, -0.15) is 0 Å². The second-order valence-electron chi connectivity index (χ2n) is 10.1. The number of hydrogen-bond donors (Lipinski definition) is 1. The van der Waals surface area contributed by atoms with Gasteiger partial charge < -0.3 is 10.0 Å². The molecule has 6 heteroatoms. The average molecular weight is 505 g/mol. The maximum absolute atomic E-state index is 13.4. The number of aliphatic hydroxyl groups is 1. The van der Waals surface area contributed by atoms with Crippen LogP contribution in [0.5, 0.6) is 0 Å². The number of fused-ring (bicyclic) bond motifs is 1. The van der Waals surface area contributed by atoms with Crippen LogP contribution in [0.15, 0.2) is 109 Å². The molecule has 0 saturated carbocycles. The molecule has 2 aliphatic rings. The van der Waals surface area contributed by atoms with Gasteiger partial charge in [0.05, 0.1) is 11.6 Å². The predicted molar refractivity (Wildman–Crippen MR) is 147 cm³/mol. The number of amides is 1. The first-order valence-corrected chi connectivity index (χ1v) is 13.2. The second kappa shape index (κ2) is 10.9. The van der Waals surface area contributed by atoms with Gasteiger partial charge in [-0.25, -0.2) is 0 Å². The van der Waals surface area contributed by atoms with Crippen LogP contribution < -0.4 is 0 Å². The lowest BCUT2D eigenvalue weighted by molar-refractivity contribution is -0.0264. The minimum atomic E-state index is -0.649. The van der Waals surface area contributed by atoms with E-state index in [4.69, 9.17) is 0 Å². The van der Waals surface area contributed by atoms with E-state index in [1.54, 1.807) is 18.5 Å². The average Bonchev–Trinajstić information content (AvgIpc) is 3.30. The van der Waals surface area contributed by atoms with E-state index in [2.05, 4.69) is 69.4 Å². The van der Waals surface area contributed by atoms with E-state index in [-0.39, 0.29) is 18.0 Å². The van der Waals surface area contributed by atoms with Gasteiger partial charge in [0.1, 0.15) is 6.23 Å². The first kappa shape index (κ1) is 24.5. The number of hydrogen-bond acceptors (Lipinski definition) is 5. The summed E-state index contributed by atoms with van der Waals surface area (Å²) < 4.78 is 0. The normalized spacial score (nSPS) is 20.0. The summed E-state index contributed by atoms with van der Waals surface area (Å²) >= 11 is 0. The Kier molecular flexibility index (Phi) is 7.01. The lowest BCUT2D eigenvalue weighted by Crippen LogP contribution is -2.59. The van der Waals surface area contributed by atoms with Crippen molar-refractivity contribution in [2.24, 2.45) is 0 Å². The molecule has 38 heavy (non-hydrogen) atoms. The third-order valence-corrected chi connectivity index (χ3v) is 7.78. The standard InChI is InChI=1S/C32H32N4O2/c37-31(26-15-9-17-33-20-26)34-18-19-36(30(24-10-3-1-4-11-24)25-12-5-2-6-13-25)28(22-34)23-35-21-27-14-7-8-16-29(27)32(35)38/h1-17,20,28,30,32,38H,18-19,21-23H2. The fraction of sp³-hybridized carbons (Fsp3) is 0.250. The Morgan fingerprint density at radius 1 is 0.868 bits per heavy atom. The van der Waals surface area contributed by atoms with Crippen molar-refractivity contribution in [1.29, 1.82) is 0 Å². The third-order valence-electron chi connectivity index (χ3n) is 7.78. The van der Waals surface area contributed by atoms with Crippen LogP contribution in [0.4, 0.5) is 0 Å². The molecule has 0 bridgehead atoms. The highest BCUT2D eigenvalue weighted by Crippen LogP contribution is 2.36. The Hall–Kier alpha value is -3.84. The van der Waals surface area contributed by atoms with Crippen molar-refractivity contribution in [2.45, 2.75) is 24.9 Å². The minimum absolute atomic E-state index is 0.00368. The van der Waals surface area contributed by atoms with Crippen molar-refractivity contribution in [2.75, 3.05) is 26.2 Å². The number of aromatic nitrogens is 1. The van der Waals surface area contributed by atoms with E-state index in [1.165, 1.54) is 11.1 Å². The molecule has 0 radical (unpaired) electrons. The Morgan fingerprint density at radius 3 is 2.21 bits per heavy atom. The van der Waals surface area contributed by atoms with Gasteiger partial charge in [0.25, 0.3) is 5.91 Å². The molecule has 192 valence electrons. The highest BCUT2D eigenvalue weighted by Gasteiger charge is 2.39. The first-order valence-electron chi connectivity index (χ1n) is 13.2. The molecule has 3 aromatic carbocycles. The molecule has 2 atom stereocenters. The quantitative estimate of drug-likeness (QED) is 0.419. The molecule has 1 fully saturated rings. The third kappa shape index (κ3) is 4.86. The number of carbonyl (C=O) groups is 1. The summed E-state index contributed by atoms with van der Waals surface area (Å²) in [5.74, 6) is 0.00368. The summed E-state index contributed by atoms with van der Waals surface area (Å²) in [5, 5.41) is 11.2. The molecule has 2 unspecified atom stereocenters. The van der Waals surface area contributed by atoms with E-state index in [0.29, 0.717) is 31.7 Å². The molecular weight excluding hydrogens is 472 g/mol. The van der Waals surface area contributed by atoms with Crippen LogP contribution in [0.3, 0.4) is 0 Å². The van der Waals surface area contributed by atoms with E-state index in [9.17, 15) is 9.90 Å². The van der Waals surface area contributed by atoms with Gasteiger partial charge in [0.15, 0.2) is 0 Å². The number of nitrogens with zero attached hydrogens (tertiary/aromatic N) is 4. The van der Waals surface area contributed by atoms with Crippen molar-refractivity contribution >= 4 is 5.91 Å². The number of pyridine rings is 1. The van der Waals surface area contributed by atoms with Gasteiger partial charge >= 0.3 is 0 Å². The smallest absolute Gasteiger partial charge is 0.255 e. The van der Waals surface area contributed by atoms with Gasteiger partial charge in [0.2, 0.25) is 0 Å². The van der Waals surface area contributed by atoms with Crippen molar-refractivity contribution < 1.29 is 9.90 Å². The van der Waals surface area contributed by atoms with Crippen LogP contribution in [0.25, 0.3) is 0 Å². The summed E-state index contributed by atoms with van der Waals surface area (Å²) in [5.41, 5.74) is 5.19. The Labute approximate surface area is 223 Å². The SMILES string of the molecule is O=C(c1cccnc1)N1CCN(C(c2ccccc2)c2ccccc2)C(CN2Cc3ccccc3C2O)C1. The lowest BCUT2D eigenvalue weighted by Gasteiger charge is -2.47. The molecule has 6 rings (SSSR count). The van der Waals surface area contributed by atoms with Crippen LogP contribution in [0, 0.1) is 0 Å². The van der Waals surface area contributed by atoms with Gasteiger partial charge in [-0.3, -0.25) is 19.6 Å². The Morgan fingerprint density at radius 2 is 1.55 bits per heavy atom. The van der Waals surface area contributed by atoms with E-state index >= 15 is 0 Å². The topological polar surface area (TPSA) is 59.9 Å². The fourth-order valence-electron chi connectivity index (χ4n) is 5.94. The van der Waals surface area contributed by atoms with Crippen molar-refractivity contribution in [1.82, 2.24) is 19.7 Å². The highest BCUT2D eigenvalue weighted by atomic mass is 16.3. The molecule has 4 aromatic rings. The molecule has 1 saturated heterocycles. The van der Waals surface area contributed by atoms with Crippen LogP contribution in [0.2, 0.25) is 0 Å². The van der Waals surface area contributed by atoms with Crippen LogP contribution in [-0.4, -0.2) is 62.9 Å². The van der Waals surface area contributed by atoms with Gasteiger partial charge in [-0.05, 0) is 34.4 Å². The minimum Gasteiger partial charge on any atom is -0.374 e. The lowest BCUT2D eigenvalue weighted by atomic mass is 9.94. The molecule has 1 N–H and O–H groups in total. The van der Waals surface area contributed by atoms with Crippen molar-refractivity contribution in [3.05, 3.63) is 137 Å². The second-order valence-corrected chi connectivity index (χ2v) is 10.1. The summed E-state index contributed by atoms with van der Waals surface area (Å²) in [6.45, 7) is 3.26. The van der Waals surface area contributed by atoms with Crippen molar-refractivity contribution in [3.63, 3.8) is 0 Å². The maximum atomic E-state index is 13.4. The first-order chi connectivity index (χ1) is 18.7. The Balaban J connectivity index is 1.34. The molecule has 1 amide bonds. The molecule has 0 spiro atoms. The van der Waals surface area contributed by atoms with Crippen LogP contribution in [0.1, 0.15) is 44.9 Å². The van der Waals surface area contributed by atoms with E-state index < -0.39 is 6.23 Å².